The molecule has 0 saturated carbocycles. The third-order valence-corrected chi connectivity index (χ3v) is 6.27. The van der Waals surface area contributed by atoms with Gasteiger partial charge in [-0.2, -0.15) is 0 Å². The molecule has 0 spiro atoms. The molecule has 1 aromatic carbocycles. The average Bonchev–Trinajstić information content (AvgIpc) is 3.44. The molecule has 5 rings (SSSR count). The molecule has 6 heteroatoms. The lowest BCUT2D eigenvalue weighted by Gasteiger charge is -2.29. The molecule has 1 N–H and O–H groups in total. The smallest absolute Gasteiger partial charge is 0.174 e. The van der Waals surface area contributed by atoms with E-state index in [4.69, 9.17) is 12.2 Å². The summed E-state index contributed by atoms with van der Waals surface area (Å²) in [5, 5.41) is 4.24. The van der Waals surface area contributed by atoms with Crippen molar-refractivity contribution in [3.8, 4) is 5.69 Å². The Morgan fingerprint density at radius 1 is 0.875 bits per heavy atom. The maximum absolute atomic E-state index is 5.86. The first-order valence-electron chi connectivity index (χ1n) is 10.8. The van der Waals surface area contributed by atoms with Gasteiger partial charge in [0.25, 0.3) is 0 Å². The summed E-state index contributed by atoms with van der Waals surface area (Å²) in [6.07, 6.45) is 7.55. The van der Waals surface area contributed by atoms with E-state index in [1.165, 1.54) is 5.56 Å². The minimum absolute atomic E-state index is 0.0644. The molecule has 1 aliphatic heterocycles. The Balaban J connectivity index is 1.64. The zero-order valence-electron chi connectivity index (χ0n) is 18.1. The van der Waals surface area contributed by atoms with Crippen molar-refractivity contribution in [1.29, 1.82) is 0 Å². The summed E-state index contributed by atoms with van der Waals surface area (Å²) in [7, 11) is 0. The van der Waals surface area contributed by atoms with Crippen LogP contribution < -0.4 is 10.2 Å². The predicted molar refractivity (Wildman–Crippen MR) is 132 cm³/mol. The van der Waals surface area contributed by atoms with E-state index in [1.807, 2.05) is 42.9 Å². The summed E-state index contributed by atoms with van der Waals surface area (Å²) in [5.41, 5.74) is 5.53. The van der Waals surface area contributed by atoms with E-state index in [-0.39, 0.29) is 12.1 Å². The van der Waals surface area contributed by atoms with E-state index in [0.717, 1.165) is 22.8 Å². The highest BCUT2D eigenvalue weighted by Gasteiger charge is 2.42. The van der Waals surface area contributed by atoms with Gasteiger partial charge in [0.1, 0.15) is 6.04 Å². The van der Waals surface area contributed by atoms with E-state index in [0.29, 0.717) is 11.0 Å². The van der Waals surface area contributed by atoms with Crippen LogP contribution in [0.2, 0.25) is 0 Å². The minimum atomic E-state index is -0.0797. The molecular formula is C26H25N5S. The molecule has 0 radical (unpaired) electrons. The largest absolute Gasteiger partial charge is 0.351 e. The van der Waals surface area contributed by atoms with E-state index >= 15 is 0 Å². The highest BCUT2D eigenvalue weighted by molar-refractivity contribution is 7.80. The Kier molecular flexibility index (Phi) is 5.45. The second kappa shape index (κ2) is 8.55. The number of benzene rings is 1. The zero-order valence-corrected chi connectivity index (χ0v) is 18.9. The molecule has 1 fully saturated rings. The second-order valence-corrected chi connectivity index (χ2v) is 8.64. The Bertz CT molecular complexity index is 1200. The first-order valence-corrected chi connectivity index (χ1v) is 11.2. The molecule has 0 unspecified atom stereocenters. The summed E-state index contributed by atoms with van der Waals surface area (Å²) in [6.45, 7) is 4.41. The molecule has 160 valence electrons. The number of nitrogens with zero attached hydrogens (tertiary/aromatic N) is 4. The highest BCUT2D eigenvalue weighted by atomic mass is 32.1. The fourth-order valence-electron chi connectivity index (χ4n) is 4.33. The SMILES string of the molecule is CC(C)c1ccc(N2C(=S)N[C@@H](c3ccccn3)[C@@H]2c2cccn2-c2ccncc2)cc1. The van der Waals surface area contributed by atoms with Gasteiger partial charge >= 0.3 is 0 Å². The summed E-state index contributed by atoms with van der Waals surface area (Å²) < 4.78 is 2.20. The number of thiocarbonyl (C=S) groups is 1. The van der Waals surface area contributed by atoms with Crippen LogP contribution in [-0.4, -0.2) is 19.6 Å². The van der Waals surface area contributed by atoms with Crippen LogP contribution in [0.5, 0.6) is 0 Å². The molecule has 2 atom stereocenters. The summed E-state index contributed by atoms with van der Waals surface area (Å²) in [4.78, 5) is 11.0. The molecule has 4 heterocycles. The predicted octanol–water partition coefficient (Wildman–Crippen LogP) is 5.57. The van der Waals surface area contributed by atoms with Crippen LogP contribution in [0.1, 0.15) is 48.8 Å². The van der Waals surface area contributed by atoms with Crippen LogP contribution in [0.4, 0.5) is 5.69 Å². The van der Waals surface area contributed by atoms with Crippen LogP contribution in [0.3, 0.4) is 0 Å². The first kappa shape index (κ1) is 20.4. The van der Waals surface area contributed by atoms with E-state index in [9.17, 15) is 0 Å². The molecule has 4 aromatic rings. The zero-order chi connectivity index (χ0) is 22.1. The lowest BCUT2D eigenvalue weighted by atomic mass is 9.99. The minimum Gasteiger partial charge on any atom is -0.351 e. The van der Waals surface area contributed by atoms with E-state index in [2.05, 4.69) is 87.3 Å². The molecule has 1 saturated heterocycles. The number of nitrogens with one attached hydrogen (secondary N) is 1. The van der Waals surface area contributed by atoms with Crippen LogP contribution in [0.25, 0.3) is 5.69 Å². The highest BCUT2D eigenvalue weighted by Crippen LogP contribution is 2.42. The van der Waals surface area contributed by atoms with Gasteiger partial charge in [-0.3, -0.25) is 9.97 Å². The van der Waals surface area contributed by atoms with Crippen LogP contribution in [0, 0.1) is 0 Å². The maximum Gasteiger partial charge on any atom is 0.174 e. The lowest BCUT2D eigenvalue weighted by Crippen LogP contribution is -2.30. The molecular weight excluding hydrogens is 414 g/mol. The normalized spacial score (nSPS) is 18.2. The van der Waals surface area contributed by atoms with Crippen molar-refractivity contribution in [2.75, 3.05) is 4.90 Å². The fourth-order valence-corrected chi connectivity index (χ4v) is 4.67. The topological polar surface area (TPSA) is 46.0 Å². The van der Waals surface area contributed by atoms with Crippen molar-refractivity contribution >= 4 is 23.0 Å². The molecule has 1 aliphatic rings. The van der Waals surface area contributed by atoms with Crippen LogP contribution in [0.15, 0.2) is 91.5 Å². The first-order chi connectivity index (χ1) is 15.6. The van der Waals surface area contributed by atoms with Gasteiger partial charge in [-0.05, 0) is 72.2 Å². The van der Waals surface area contributed by atoms with Gasteiger partial charge in [-0.15, -0.1) is 0 Å². The van der Waals surface area contributed by atoms with Crippen LogP contribution >= 0.6 is 12.2 Å². The maximum atomic E-state index is 5.86. The Morgan fingerprint density at radius 2 is 1.66 bits per heavy atom. The third kappa shape index (κ3) is 3.67. The average molecular weight is 440 g/mol. The van der Waals surface area contributed by atoms with E-state index < -0.39 is 0 Å². The number of pyridine rings is 2. The number of anilines is 1. The molecule has 0 bridgehead atoms. The molecule has 3 aromatic heterocycles. The molecule has 0 amide bonds. The standard InChI is InChI=1S/C26H25N5S/c1-18(2)19-8-10-21(11-9-19)31-25(24(29-26(31)32)22-6-3-4-14-28-22)23-7-5-17-30(23)20-12-15-27-16-13-20/h3-18,24-25H,1-2H3,(H,29,32)/t24-,25-/m0/s1. The quantitative estimate of drug-likeness (QED) is 0.412. The number of hydrogen-bond donors (Lipinski definition) is 1. The molecule has 32 heavy (non-hydrogen) atoms. The van der Waals surface area contributed by atoms with Gasteiger partial charge in [-0.25, -0.2) is 0 Å². The summed E-state index contributed by atoms with van der Waals surface area (Å²) in [6, 6.07) is 22.8. The fraction of sp³-hybridized carbons (Fsp3) is 0.192. The van der Waals surface area contributed by atoms with Crippen molar-refractivity contribution in [2.24, 2.45) is 0 Å². The third-order valence-electron chi connectivity index (χ3n) is 5.96. The monoisotopic (exact) mass is 439 g/mol. The summed E-state index contributed by atoms with van der Waals surface area (Å²) >= 11 is 5.86. The van der Waals surface area contributed by atoms with E-state index in [1.54, 1.807) is 0 Å². The van der Waals surface area contributed by atoms with Crippen molar-refractivity contribution < 1.29 is 0 Å². The number of rotatable bonds is 5. The number of aromatic nitrogens is 3. The lowest BCUT2D eigenvalue weighted by molar-refractivity contribution is 0.549. The van der Waals surface area contributed by atoms with Crippen LogP contribution in [-0.2, 0) is 0 Å². The van der Waals surface area contributed by atoms with Gasteiger partial charge in [0, 0.05) is 41.9 Å². The van der Waals surface area contributed by atoms with Crippen molar-refractivity contribution in [3.05, 3.63) is 108 Å². The Hall–Kier alpha value is -3.51. The Morgan fingerprint density at radius 3 is 2.34 bits per heavy atom. The van der Waals surface area contributed by atoms with Crippen molar-refractivity contribution in [1.82, 2.24) is 19.9 Å². The number of hydrogen-bond acceptors (Lipinski definition) is 3. The van der Waals surface area contributed by atoms with Gasteiger partial charge in [0.15, 0.2) is 5.11 Å². The van der Waals surface area contributed by atoms with Gasteiger partial charge in [0.05, 0.1) is 11.7 Å². The van der Waals surface area contributed by atoms with Gasteiger partial charge in [0.2, 0.25) is 0 Å². The van der Waals surface area contributed by atoms with Crippen molar-refractivity contribution in [3.63, 3.8) is 0 Å². The van der Waals surface area contributed by atoms with Gasteiger partial charge < -0.3 is 14.8 Å². The molecule has 0 aliphatic carbocycles. The Labute approximate surface area is 193 Å². The van der Waals surface area contributed by atoms with Gasteiger partial charge in [-0.1, -0.05) is 32.0 Å². The second-order valence-electron chi connectivity index (χ2n) is 8.25. The van der Waals surface area contributed by atoms with Crippen molar-refractivity contribution in [2.45, 2.75) is 31.8 Å². The molecule has 5 nitrogen and oxygen atoms in total. The summed E-state index contributed by atoms with van der Waals surface area (Å²) in [5.74, 6) is 0.480.